The predicted molar refractivity (Wildman–Crippen MR) is 109 cm³/mol. The van der Waals surface area contributed by atoms with Gasteiger partial charge in [0, 0.05) is 47.9 Å². The van der Waals surface area contributed by atoms with Crippen LogP contribution in [0.3, 0.4) is 0 Å². The largest absolute Gasteiger partial charge is 0.355 e. The van der Waals surface area contributed by atoms with Crippen LogP contribution in [-0.2, 0) is 13.5 Å². The van der Waals surface area contributed by atoms with Gasteiger partial charge in [0.15, 0.2) is 0 Å². The summed E-state index contributed by atoms with van der Waals surface area (Å²) in [6.45, 7) is 0.679. The molecule has 1 N–H and O–H groups in total. The first kappa shape index (κ1) is 18.9. The molecule has 2 aromatic heterocycles. The van der Waals surface area contributed by atoms with Crippen molar-refractivity contribution >= 4 is 44.2 Å². The van der Waals surface area contributed by atoms with E-state index in [2.05, 4.69) is 26.2 Å². The van der Waals surface area contributed by atoms with Crippen LogP contribution in [0.1, 0.15) is 34.3 Å². The molecule has 0 spiro atoms. The second kappa shape index (κ2) is 7.16. The van der Waals surface area contributed by atoms with E-state index in [1.165, 1.54) is 0 Å². The minimum absolute atomic E-state index is 0.0301. The summed E-state index contributed by atoms with van der Waals surface area (Å²) in [7, 11) is 3.45. The fourth-order valence-corrected chi connectivity index (χ4v) is 4.32. The zero-order valence-electron chi connectivity index (χ0n) is 15.5. The number of aryl methyl sites for hydroxylation is 2. The summed E-state index contributed by atoms with van der Waals surface area (Å²) in [4.78, 5) is 18.8. The Balaban J connectivity index is 1.86. The molecule has 5 nitrogen and oxygen atoms in total. The monoisotopic (exact) mass is 448 g/mol. The van der Waals surface area contributed by atoms with Gasteiger partial charge in [0.05, 0.1) is 17.3 Å². The molecule has 1 aromatic carbocycles. The van der Waals surface area contributed by atoms with Gasteiger partial charge in [-0.3, -0.25) is 4.79 Å². The number of aromatic nitrogens is 2. The van der Waals surface area contributed by atoms with Crippen molar-refractivity contribution in [3.8, 4) is 0 Å². The smallest absolute Gasteiger partial charge is 0.265 e. The van der Waals surface area contributed by atoms with Crippen molar-refractivity contribution in [1.82, 2.24) is 14.9 Å². The van der Waals surface area contributed by atoms with E-state index in [9.17, 15) is 13.6 Å². The Morgan fingerprint density at radius 3 is 2.82 bits per heavy atom. The molecule has 8 heteroatoms. The van der Waals surface area contributed by atoms with Gasteiger partial charge in [-0.25, -0.2) is 13.8 Å². The number of alkyl halides is 2. The Labute approximate surface area is 169 Å². The Hall–Kier alpha value is -2.48. The van der Waals surface area contributed by atoms with Crippen molar-refractivity contribution in [2.24, 2.45) is 7.05 Å². The summed E-state index contributed by atoms with van der Waals surface area (Å²) in [5.74, 6) is 0.470. The topological polar surface area (TPSA) is 50.2 Å². The molecule has 0 atom stereocenters. The van der Waals surface area contributed by atoms with E-state index >= 15 is 0 Å². The lowest BCUT2D eigenvalue weighted by Crippen LogP contribution is -2.25. The number of fused-ring (bicyclic) bond motifs is 2. The maximum atomic E-state index is 13.4. The van der Waals surface area contributed by atoms with Gasteiger partial charge >= 0.3 is 0 Å². The first-order valence-corrected chi connectivity index (χ1v) is 9.75. The number of hydrogen-bond acceptors (Lipinski definition) is 3. The van der Waals surface area contributed by atoms with Crippen molar-refractivity contribution in [3.63, 3.8) is 0 Å². The molecule has 0 bridgehead atoms. The third kappa shape index (κ3) is 3.05. The minimum atomic E-state index is -2.56. The van der Waals surface area contributed by atoms with Crippen LogP contribution in [0, 0.1) is 0 Å². The van der Waals surface area contributed by atoms with Gasteiger partial charge in [-0.1, -0.05) is 15.9 Å². The fraction of sp³-hybridized carbons (Fsp3) is 0.300. The molecule has 1 aliphatic heterocycles. The summed E-state index contributed by atoms with van der Waals surface area (Å²) in [6, 6.07) is 5.18. The highest BCUT2D eigenvalue weighted by molar-refractivity contribution is 9.10. The maximum absolute atomic E-state index is 13.4. The van der Waals surface area contributed by atoms with Crippen molar-refractivity contribution in [2.45, 2.75) is 19.3 Å². The zero-order valence-corrected chi connectivity index (χ0v) is 17.1. The summed E-state index contributed by atoms with van der Waals surface area (Å²) < 4.78 is 29.1. The molecule has 0 unspecified atom stereocenters. The van der Waals surface area contributed by atoms with Crippen molar-refractivity contribution in [2.75, 3.05) is 18.5 Å². The number of carbonyl (C=O) groups is 1. The SMILES string of the molecule is CNC(=O)c1cn(C)c2cnc(N3CCCc4cc(Br)c(C(F)F)cc43)cc12. The van der Waals surface area contributed by atoms with Crippen LogP contribution in [0.25, 0.3) is 10.9 Å². The molecule has 1 aliphatic rings. The normalized spacial score (nSPS) is 13.9. The molecule has 28 heavy (non-hydrogen) atoms. The second-order valence-electron chi connectivity index (χ2n) is 6.85. The number of benzene rings is 1. The van der Waals surface area contributed by atoms with E-state index in [-0.39, 0.29) is 11.5 Å². The van der Waals surface area contributed by atoms with Crippen molar-refractivity contribution in [1.29, 1.82) is 0 Å². The molecule has 0 radical (unpaired) electrons. The number of halogens is 3. The number of amides is 1. The van der Waals surface area contributed by atoms with Crippen LogP contribution in [-0.4, -0.2) is 29.1 Å². The number of nitrogens with zero attached hydrogens (tertiary/aromatic N) is 3. The van der Waals surface area contributed by atoms with Crippen LogP contribution in [0.2, 0.25) is 0 Å². The highest BCUT2D eigenvalue weighted by Gasteiger charge is 2.24. The Morgan fingerprint density at radius 2 is 2.11 bits per heavy atom. The summed E-state index contributed by atoms with van der Waals surface area (Å²) >= 11 is 3.26. The van der Waals surface area contributed by atoms with Gasteiger partial charge < -0.3 is 14.8 Å². The maximum Gasteiger partial charge on any atom is 0.265 e. The quantitative estimate of drug-likeness (QED) is 0.630. The minimum Gasteiger partial charge on any atom is -0.355 e. The molecule has 3 aromatic rings. The van der Waals surface area contributed by atoms with E-state index in [1.54, 1.807) is 31.6 Å². The summed E-state index contributed by atoms with van der Waals surface area (Å²) in [6.07, 6.45) is 2.64. The molecule has 3 heterocycles. The number of hydrogen-bond donors (Lipinski definition) is 1. The van der Waals surface area contributed by atoms with Crippen molar-refractivity contribution in [3.05, 3.63) is 51.8 Å². The predicted octanol–water partition coefficient (Wildman–Crippen LogP) is 4.72. The molecular weight excluding hydrogens is 430 g/mol. The molecule has 4 rings (SSSR count). The van der Waals surface area contributed by atoms with Crippen LogP contribution in [0.5, 0.6) is 0 Å². The number of pyridine rings is 1. The summed E-state index contributed by atoms with van der Waals surface area (Å²) in [5, 5.41) is 3.44. The number of nitrogens with one attached hydrogen (secondary N) is 1. The first-order chi connectivity index (χ1) is 13.4. The van der Waals surface area contributed by atoms with Crippen molar-refractivity contribution < 1.29 is 13.6 Å². The van der Waals surface area contributed by atoms with E-state index in [4.69, 9.17) is 0 Å². The fourth-order valence-electron chi connectivity index (χ4n) is 3.75. The van der Waals surface area contributed by atoms with Crippen LogP contribution in [0.4, 0.5) is 20.3 Å². The number of anilines is 2. The second-order valence-corrected chi connectivity index (χ2v) is 7.71. The Morgan fingerprint density at radius 1 is 1.32 bits per heavy atom. The van der Waals surface area contributed by atoms with Gasteiger partial charge in [0.1, 0.15) is 5.82 Å². The molecule has 146 valence electrons. The van der Waals surface area contributed by atoms with E-state index < -0.39 is 6.43 Å². The van der Waals surface area contributed by atoms with E-state index in [0.29, 0.717) is 22.4 Å². The lowest BCUT2D eigenvalue weighted by atomic mass is 9.99. The standard InChI is InChI=1S/C20H19BrF2N4O/c1-24-20(28)14-10-26(2)17-9-25-18(8-12(14)17)27-5-3-4-11-6-15(21)13(19(22)23)7-16(11)27/h6-10,19H,3-5H2,1-2H3,(H,24,28). The van der Waals surface area contributed by atoms with E-state index in [0.717, 1.165) is 35.0 Å². The lowest BCUT2D eigenvalue weighted by molar-refractivity contribution is 0.0964. The van der Waals surface area contributed by atoms with Gasteiger partial charge in [0.2, 0.25) is 0 Å². The number of carbonyl (C=O) groups excluding carboxylic acids is 1. The van der Waals surface area contributed by atoms with Crippen LogP contribution >= 0.6 is 15.9 Å². The average molecular weight is 449 g/mol. The molecule has 0 fully saturated rings. The zero-order chi connectivity index (χ0) is 20.0. The molecule has 0 aliphatic carbocycles. The Bertz CT molecular complexity index is 1080. The molecule has 0 saturated carbocycles. The molecular formula is C20H19BrF2N4O. The lowest BCUT2D eigenvalue weighted by Gasteiger charge is -2.31. The highest BCUT2D eigenvalue weighted by atomic mass is 79.9. The van der Waals surface area contributed by atoms with Gasteiger partial charge in [-0.05, 0) is 36.6 Å². The van der Waals surface area contributed by atoms with Gasteiger partial charge in [0.25, 0.3) is 12.3 Å². The van der Waals surface area contributed by atoms with Gasteiger partial charge in [-0.2, -0.15) is 0 Å². The highest BCUT2D eigenvalue weighted by Crippen LogP contribution is 2.39. The van der Waals surface area contributed by atoms with Gasteiger partial charge in [-0.15, -0.1) is 0 Å². The average Bonchev–Trinajstić information content (AvgIpc) is 3.02. The third-order valence-electron chi connectivity index (χ3n) is 5.16. The Kier molecular flexibility index (Phi) is 4.82. The first-order valence-electron chi connectivity index (χ1n) is 8.96. The molecule has 0 saturated heterocycles. The third-order valence-corrected chi connectivity index (χ3v) is 5.85. The van der Waals surface area contributed by atoms with E-state index in [1.807, 2.05) is 22.6 Å². The summed E-state index contributed by atoms with van der Waals surface area (Å²) in [5.41, 5.74) is 3.11. The van der Waals surface area contributed by atoms with Crippen LogP contribution in [0.15, 0.2) is 35.1 Å². The molecule has 1 amide bonds. The van der Waals surface area contributed by atoms with Crippen LogP contribution < -0.4 is 10.2 Å². The number of rotatable bonds is 3.